The first-order chi connectivity index (χ1) is 8.54. The van der Waals surface area contributed by atoms with Crippen molar-refractivity contribution in [2.24, 2.45) is 5.73 Å². The maximum atomic E-state index is 12.8. The summed E-state index contributed by atoms with van der Waals surface area (Å²) < 4.78 is 17.8. The molecule has 3 N–H and O–H groups in total. The molecule has 0 saturated carbocycles. The zero-order chi connectivity index (χ0) is 13.3. The highest BCUT2D eigenvalue weighted by Gasteiger charge is 2.42. The molecule has 1 aromatic carbocycles. The van der Waals surface area contributed by atoms with Gasteiger partial charge in [-0.2, -0.15) is 5.26 Å². The molecule has 0 saturated heterocycles. The van der Waals surface area contributed by atoms with E-state index < -0.39 is 23.8 Å². The number of rotatable bonds is 2. The third-order valence-electron chi connectivity index (χ3n) is 2.73. The molecule has 92 valence electrons. The Morgan fingerprint density at radius 2 is 2.06 bits per heavy atom. The number of nitrogens with zero attached hydrogens (tertiary/aromatic N) is 1. The van der Waals surface area contributed by atoms with E-state index in [1.165, 1.54) is 24.3 Å². The predicted molar refractivity (Wildman–Crippen MR) is 58.5 cm³/mol. The van der Waals surface area contributed by atoms with Crippen LogP contribution in [0, 0.1) is 17.1 Å². The van der Waals surface area contributed by atoms with E-state index >= 15 is 0 Å². The third-order valence-corrected chi connectivity index (χ3v) is 2.73. The minimum Gasteiger partial charge on any atom is -0.478 e. The Kier molecular flexibility index (Phi) is 2.90. The highest BCUT2D eigenvalue weighted by molar-refractivity contribution is 5.76. The first kappa shape index (κ1) is 11.9. The standard InChI is InChI=1S/C12H9FN2O3/c13-7-3-1-6(2-4-7)9-8(5-14)11(15)18-10(9)12(16)17/h1-4,9-10H,15H2,(H,16,17)/t9-,10-/m0/s1. The smallest absolute Gasteiger partial charge is 0.346 e. The number of carboxylic acids is 1. The monoisotopic (exact) mass is 248 g/mol. The molecule has 6 heteroatoms. The molecule has 0 radical (unpaired) electrons. The minimum atomic E-state index is -1.26. The van der Waals surface area contributed by atoms with Crippen LogP contribution in [-0.2, 0) is 9.53 Å². The van der Waals surface area contributed by atoms with E-state index in [4.69, 9.17) is 20.8 Å². The van der Waals surface area contributed by atoms with Crippen molar-refractivity contribution in [3.8, 4) is 6.07 Å². The fraction of sp³-hybridized carbons (Fsp3) is 0.167. The lowest BCUT2D eigenvalue weighted by Crippen LogP contribution is -2.27. The van der Waals surface area contributed by atoms with Gasteiger partial charge in [-0.15, -0.1) is 0 Å². The number of halogens is 1. The van der Waals surface area contributed by atoms with Gasteiger partial charge < -0.3 is 15.6 Å². The van der Waals surface area contributed by atoms with Crippen molar-refractivity contribution in [2.45, 2.75) is 12.0 Å². The average molecular weight is 248 g/mol. The molecule has 2 rings (SSSR count). The second-order valence-corrected chi connectivity index (χ2v) is 3.80. The number of hydrogen-bond donors (Lipinski definition) is 2. The van der Waals surface area contributed by atoms with Gasteiger partial charge >= 0.3 is 5.97 Å². The summed E-state index contributed by atoms with van der Waals surface area (Å²) in [5.41, 5.74) is 6.00. The molecule has 0 aliphatic carbocycles. The van der Waals surface area contributed by atoms with Crippen LogP contribution in [0.3, 0.4) is 0 Å². The van der Waals surface area contributed by atoms with Crippen molar-refractivity contribution in [3.63, 3.8) is 0 Å². The lowest BCUT2D eigenvalue weighted by Gasteiger charge is -2.15. The van der Waals surface area contributed by atoms with Crippen molar-refractivity contribution in [1.29, 1.82) is 5.26 Å². The van der Waals surface area contributed by atoms with E-state index in [1.54, 1.807) is 0 Å². The van der Waals surface area contributed by atoms with Gasteiger partial charge in [-0.1, -0.05) is 12.1 Å². The SMILES string of the molecule is N#CC1=C(N)O[C@H](C(=O)O)[C@H]1c1ccc(F)cc1. The van der Waals surface area contributed by atoms with E-state index in [2.05, 4.69) is 0 Å². The molecular weight excluding hydrogens is 239 g/mol. The summed E-state index contributed by atoms with van der Waals surface area (Å²) in [5.74, 6) is -2.68. The predicted octanol–water partition coefficient (Wildman–Crippen LogP) is 1.09. The number of carboxylic acid groups (broad SMARTS) is 1. The molecule has 0 spiro atoms. The number of benzene rings is 1. The molecule has 1 heterocycles. The highest BCUT2D eigenvalue weighted by atomic mass is 19.1. The van der Waals surface area contributed by atoms with Gasteiger partial charge in [-0.3, -0.25) is 0 Å². The Morgan fingerprint density at radius 3 is 2.56 bits per heavy atom. The van der Waals surface area contributed by atoms with E-state index in [9.17, 15) is 9.18 Å². The summed E-state index contributed by atoms with van der Waals surface area (Å²) in [7, 11) is 0. The first-order valence-electron chi connectivity index (χ1n) is 5.09. The molecule has 1 aliphatic heterocycles. The molecular formula is C12H9FN2O3. The summed E-state index contributed by atoms with van der Waals surface area (Å²) in [6, 6.07) is 7.04. The Hall–Kier alpha value is -2.55. The van der Waals surface area contributed by atoms with Crippen LogP contribution < -0.4 is 5.73 Å². The van der Waals surface area contributed by atoms with Crippen molar-refractivity contribution in [3.05, 3.63) is 47.1 Å². The molecule has 1 aromatic rings. The van der Waals surface area contributed by atoms with Crippen molar-refractivity contribution in [2.75, 3.05) is 0 Å². The Labute approximate surface area is 102 Å². The molecule has 1 aliphatic rings. The van der Waals surface area contributed by atoms with E-state index in [0.717, 1.165) is 0 Å². The quantitative estimate of drug-likeness (QED) is 0.816. The summed E-state index contributed by atoms with van der Waals surface area (Å²) in [6.07, 6.45) is -1.26. The largest absolute Gasteiger partial charge is 0.478 e. The van der Waals surface area contributed by atoms with Crippen LogP contribution in [0.1, 0.15) is 11.5 Å². The molecule has 5 nitrogen and oxygen atoms in total. The normalized spacial score (nSPS) is 22.4. The number of carbonyl (C=O) groups is 1. The van der Waals surface area contributed by atoms with Gasteiger partial charge in [0.25, 0.3) is 0 Å². The molecule has 0 aromatic heterocycles. The topological polar surface area (TPSA) is 96.3 Å². The maximum absolute atomic E-state index is 12.8. The van der Waals surface area contributed by atoms with E-state index in [1.807, 2.05) is 6.07 Å². The van der Waals surface area contributed by atoms with Gasteiger partial charge in [0.15, 0.2) is 5.88 Å². The molecule has 18 heavy (non-hydrogen) atoms. The fourth-order valence-corrected chi connectivity index (χ4v) is 1.90. The Balaban J connectivity index is 2.47. The van der Waals surface area contributed by atoms with Crippen LogP contribution in [0.4, 0.5) is 4.39 Å². The van der Waals surface area contributed by atoms with Gasteiger partial charge in [-0.05, 0) is 17.7 Å². The minimum absolute atomic E-state index is 0.0500. The van der Waals surface area contributed by atoms with Crippen molar-refractivity contribution in [1.82, 2.24) is 0 Å². The fourth-order valence-electron chi connectivity index (χ4n) is 1.90. The van der Waals surface area contributed by atoms with Crippen molar-refractivity contribution >= 4 is 5.97 Å². The lowest BCUT2D eigenvalue weighted by molar-refractivity contribution is -0.147. The molecule has 0 bridgehead atoms. The number of hydrogen-bond acceptors (Lipinski definition) is 4. The second-order valence-electron chi connectivity index (χ2n) is 3.80. The van der Waals surface area contributed by atoms with Gasteiger partial charge in [0.05, 0.1) is 5.92 Å². The number of nitrogens with two attached hydrogens (primary N) is 1. The first-order valence-corrected chi connectivity index (χ1v) is 5.09. The van der Waals surface area contributed by atoms with Crippen molar-refractivity contribution < 1.29 is 19.0 Å². The summed E-state index contributed by atoms with van der Waals surface area (Å²) in [6.45, 7) is 0. The third kappa shape index (κ3) is 1.86. The van der Waals surface area contributed by atoms with E-state index in [0.29, 0.717) is 5.56 Å². The summed E-state index contributed by atoms with van der Waals surface area (Å²) in [4.78, 5) is 11.1. The van der Waals surface area contributed by atoms with E-state index in [-0.39, 0.29) is 11.5 Å². The number of aliphatic carboxylic acids is 1. The van der Waals surface area contributed by atoms with Gasteiger partial charge in [0, 0.05) is 0 Å². The number of ether oxygens (including phenoxy) is 1. The Morgan fingerprint density at radius 1 is 1.44 bits per heavy atom. The van der Waals surface area contributed by atoms with Crippen LogP contribution >= 0.6 is 0 Å². The summed E-state index contributed by atoms with van der Waals surface area (Å²) in [5, 5.41) is 18.0. The van der Waals surface area contributed by atoms with Crippen LogP contribution in [0.2, 0.25) is 0 Å². The highest BCUT2D eigenvalue weighted by Crippen LogP contribution is 2.37. The molecule has 0 fully saturated rings. The Bertz CT molecular complexity index is 560. The zero-order valence-electron chi connectivity index (χ0n) is 9.13. The number of nitriles is 1. The van der Waals surface area contributed by atoms with Crippen LogP contribution in [0.25, 0.3) is 0 Å². The molecule has 2 atom stereocenters. The van der Waals surface area contributed by atoms with Gasteiger partial charge in [-0.25, -0.2) is 9.18 Å². The van der Waals surface area contributed by atoms with Crippen LogP contribution in [-0.4, -0.2) is 17.2 Å². The maximum Gasteiger partial charge on any atom is 0.346 e. The van der Waals surface area contributed by atoms with Crippen LogP contribution in [0.15, 0.2) is 35.7 Å². The molecule has 0 unspecified atom stereocenters. The van der Waals surface area contributed by atoms with Gasteiger partial charge in [0.2, 0.25) is 6.10 Å². The van der Waals surface area contributed by atoms with Crippen LogP contribution in [0.5, 0.6) is 0 Å². The molecule has 0 amide bonds. The summed E-state index contributed by atoms with van der Waals surface area (Å²) >= 11 is 0. The van der Waals surface area contributed by atoms with Gasteiger partial charge in [0.1, 0.15) is 17.5 Å². The zero-order valence-corrected chi connectivity index (χ0v) is 9.13. The average Bonchev–Trinajstić information content (AvgIpc) is 2.67. The lowest BCUT2D eigenvalue weighted by atomic mass is 9.88. The second kappa shape index (κ2) is 4.37.